The number of ether oxygens (including phenoxy) is 1. The number of hydrogen-bond acceptors (Lipinski definition) is 7. The zero-order valence-electron chi connectivity index (χ0n) is 22.8. The van der Waals surface area contributed by atoms with Gasteiger partial charge in [-0.25, -0.2) is 14.8 Å². The van der Waals surface area contributed by atoms with Crippen LogP contribution >= 0.6 is 11.6 Å². The first-order valence-corrected chi connectivity index (χ1v) is 14.8. The number of nitrogens with two attached hydrogens (primary N) is 1. The molecule has 1 amide bonds. The summed E-state index contributed by atoms with van der Waals surface area (Å²) in [6.45, 7) is 1.53. The molecule has 0 atom stereocenters. The van der Waals surface area contributed by atoms with Crippen molar-refractivity contribution in [3.05, 3.63) is 23.1 Å². The number of rotatable bonds is 16. The lowest BCUT2D eigenvalue weighted by Gasteiger charge is -2.30. The number of amides is 1. The number of nitrogens with zero attached hydrogens (tertiary/aromatic N) is 4. The Morgan fingerprint density at radius 2 is 1.71 bits per heavy atom. The Morgan fingerprint density at radius 1 is 1.03 bits per heavy atom. The molecule has 2 heterocycles. The van der Waals surface area contributed by atoms with Crippen LogP contribution in [0.1, 0.15) is 89.2 Å². The van der Waals surface area contributed by atoms with Crippen LogP contribution in [0, 0.1) is 5.92 Å². The number of primary amides is 1. The van der Waals surface area contributed by atoms with Crippen LogP contribution in [-0.4, -0.2) is 51.1 Å². The maximum Gasteiger partial charge on any atom is 0.404 e. The molecule has 9 nitrogen and oxygen atoms in total. The molecular weight excluding hydrogens is 502 g/mol. The molecule has 0 bridgehead atoms. The van der Waals surface area contributed by atoms with E-state index in [9.17, 15) is 4.79 Å². The molecule has 4 rings (SSSR count). The van der Waals surface area contributed by atoms with Crippen LogP contribution in [0.2, 0.25) is 5.02 Å². The smallest absolute Gasteiger partial charge is 0.404 e. The molecule has 2 aromatic heterocycles. The van der Waals surface area contributed by atoms with Crippen LogP contribution in [0.4, 0.5) is 10.7 Å². The number of hydrogen-bond donors (Lipinski definition) is 3. The first-order chi connectivity index (χ1) is 18.5. The van der Waals surface area contributed by atoms with Crippen molar-refractivity contribution < 1.29 is 9.53 Å². The molecule has 0 aromatic carbocycles. The summed E-state index contributed by atoms with van der Waals surface area (Å²) >= 11 is 6.53. The number of carbonyl (C=O) groups is 1. The van der Waals surface area contributed by atoms with E-state index in [1.807, 2.05) is 17.9 Å². The SMILES string of the molecule is Cn1ncc(-c2nc(NC3CCC(NCCCCCCCCCOC(N)=O)CC3)ncc2Cl)c1CC1CC1. The van der Waals surface area contributed by atoms with E-state index in [1.54, 1.807) is 6.20 Å². The Kier molecular flexibility index (Phi) is 11.1. The van der Waals surface area contributed by atoms with Crippen LogP contribution in [0.5, 0.6) is 0 Å². The van der Waals surface area contributed by atoms with Gasteiger partial charge in [0.1, 0.15) is 0 Å². The molecule has 2 fully saturated rings. The standard InChI is InChI=1S/C28H44ClN7O2/c1-36-25(17-20-9-10-20)23(18-33-36)26-24(29)19-32-28(35-26)34-22-13-11-21(12-14-22)31-15-7-5-3-2-4-6-8-16-38-27(30)37/h18-22,31H,2-17H2,1H3,(H2,30,37)(H,32,34,35). The minimum Gasteiger partial charge on any atom is -0.450 e. The van der Waals surface area contributed by atoms with Gasteiger partial charge in [-0.2, -0.15) is 5.10 Å². The second-order valence-electron chi connectivity index (χ2n) is 11.0. The maximum absolute atomic E-state index is 10.5. The quantitative estimate of drug-likeness (QED) is 0.234. The van der Waals surface area contributed by atoms with Gasteiger partial charge in [0.25, 0.3) is 0 Å². The number of aromatic nitrogens is 4. The van der Waals surface area contributed by atoms with Gasteiger partial charge in [0.05, 0.1) is 29.7 Å². The highest BCUT2D eigenvalue weighted by atomic mass is 35.5. The Bertz CT molecular complexity index is 1020. The third-order valence-corrected chi connectivity index (χ3v) is 8.08. The summed E-state index contributed by atoms with van der Waals surface area (Å²) in [6, 6.07) is 0.982. The topological polar surface area (TPSA) is 120 Å². The van der Waals surface area contributed by atoms with Gasteiger partial charge < -0.3 is 21.1 Å². The van der Waals surface area contributed by atoms with E-state index in [2.05, 4.69) is 20.7 Å². The molecule has 0 spiro atoms. The van der Waals surface area contributed by atoms with Crippen molar-refractivity contribution in [2.45, 2.75) is 102 Å². The average Bonchev–Trinajstić information content (AvgIpc) is 3.66. The van der Waals surface area contributed by atoms with Gasteiger partial charge in [0.2, 0.25) is 5.95 Å². The van der Waals surface area contributed by atoms with E-state index in [0.717, 1.165) is 55.8 Å². The molecular formula is C28H44ClN7O2. The molecule has 4 N–H and O–H groups in total. The Morgan fingerprint density at radius 3 is 2.42 bits per heavy atom. The molecule has 2 aromatic rings. The van der Waals surface area contributed by atoms with Gasteiger partial charge >= 0.3 is 6.09 Å². The van der Waals surface area contributed by atoms with Crippen molar-refractivity contribution in [2.24, 2.45) is 18.7 Å². The van der Waals surface area contributed by atoms with Crippen LogP contribution in [0.25, 0.3) is 11.3 Å². The van der Waals surface area contributed by atoms with Gasteiger partial charge in [-0.15, -0.1) is 0 Å². The highest BCUT2D eigenvalue weighted by molar-refractivity contribution is 6.32. The number of nitrogens with one attached hydrogen (secondary N) is 2. The van der Waals surface area contributed by atoms with E-state index >= 15 is 0 Å². The molecule has 210 valence electrons. The summed E-state index contributed by atoms with van der Waals surface area (Å²) in [5.74, 6) is 1.42. The Balaban J connectivity index is 1.11. The molecule has 0 radical (unpaired) electrons. The van der Waals surface area contributed by atoms with Crippen molar-refractivity contribution in [3.8, 4) is 11.3 Å². The normalized spacial score (nSPS) is 19.4. The molecule has 2 saturated carbocycles. The number of halogens is 1. The zero-order valence-corrected chi connectivity index (χ0v) is 23.5. The summed E-state index contributed by atoms with van der Waals surface area (Å²) in [4.78, 5) is 19.8. The number of unbranched alkanes of at least 4 members (excludes halogenated alkanes) is 6. The van der Waals surface area contributed by atoms with E-state index in [-0.39, 0.29) is 0 Å². The summed E-state index contributed by atoms with van der Waals surface area (Å²) < 4.78 is 6.71. The average molecular weight is 546 g/mol. The van der Waals surface area contributed by atoms with Gasteiger partial charge in [-0.05, 0) is 70.3 Å². The third kappa shape index (κ3) is 9.12. The van der Waals surface area contributed by atoms with E-state index in [4.69, 9.17) is 27.1 Å². The molecule has 38 heavy (non-hydrogen) atoms. The fourth-order valence-corrected chi connectivity index (χ4v) is 5.53. The molecule has 0 aliphatic heterocycles. The highest BCUT2D eigenvalue weighted by Crippen LogP contribution is 2.37. The third-order valence-electron chi connectivity index (χ3n) is 7.80. The lowest BCUT2D eigenvalue weighted by molar-refractivity contribution is 0.154. The van der Waals surface area contributed by atoms with E-state index in [0.29, 0.717) is 29.7 Å². The summed E-state index contributed by atoms with van der Waals surface area (Å²) in [7, 11) is 2.00. The Hall–Kier alpha value is -2.39. The lowest BCUT2D eigenvalue weighted by atomic mass is 9.91. The molecule has 10 heteroatoms. The number of anilines is 1. The van der Waals surface area contributed by atoms with Crippen LogP contribution in [-0.2, 0) is 18.2 Å². The van der Waals surface area contributed by atoms with Crippen molar-refractivity contribution in [1.82, 2.24) is 25.1 Å². The summed E-state index contributed by atoms with van der Waals surface area (Å²) in [5.41, 5.74) is 7.97. The number of carbonyl (C=O) groups excluding carboxylic acids is 1. The van der Waals surface area contributed by atoms with Crippen LogP contribution < -0.4 is 16.4 Å². The lowest BCUT2D eigenvalue weighted by Crippen LogP contribution is -2.37. The largest absolute Gasteiger partial charge is 0.450 e. The van der Waals surface area contributed by atoms with Crippen molar-refractivity contribution >= 4 is 23.6 Å². The van der Waals surface area contributed by atoms with Crippen molar-refractivity contribution in [1.29, 1.82) is 0 Å². The summed E-state index contributed by atoms with van der Waals surface area (Å²) in [5, 5.41) is 12.4. The fourth-order valence-electron chi connectivity index (χ4n) is 5.34. The second-order valence-corrected chi connectivity index (χ2v) is 11.4. The molecule has 2 aliphatic rings. The van der Waals surface area contributed by atoms with Gasteiger partial charge in [0, 0.05) is 30.4 Å². The van der Waals surface area contributed by atoms with Gasteiger partial charge in [-0.1, -0.05) is 43.7 Å². The first kappa shape index (κ1) is 28.6. The van der Waals surface area contributed by atoms with Crippen LogP contribution in [0.15, 0.2) is 12.4 Å². The minimum absolute atomic E-state index is 0.385. The number of aryl methyl sites for hydroxylation is 1. The predicted octanol–water partition coefficient (Wildman–Crippen LogP) is 5.62. The molecule has 0 saturated heterocycles. The zero-order chi connectivity index (χ0) is 26.7. The molecule has 2 aliphatic carbocycles. The fraction of sp³-hybridized carbons (Fsp3) is 0.714. The minimum atomic E-state index is -0.675. The maximum atomic E-state index is 10.5. The summed E-state index contributed by atoms with van der Waals surface area (Å²) in [6.07, 6.45) is 19.3. The molecule has 0 unspecified atom stereocenters. The predicted molar refractivity (Wildman–Crippen MR) is 151 cm³/mol. The van der Waals surface area contributed by atoms with Crippen LogP contribution in [0.3, 0.4) is 0 Å². The second kappa shape index (κ2) is 14.7. The van der Waals surface area contributed by atoms with E-state index < -0.39 is 6.09 Å². The van der Waals surface area contributed by atoms with Crippen molar-refractivity contribution in [2.75, 3.05) is 18.5 Å². The highest BCUT2D eigenvalue weighted by Gasteiger charge is 2.26. The van der Waals surface area contributed by atoms with Crippen molar-refractivity contribution in [3.63, 3.8) is 0 Å². The van der Waals surface area contributed by atoms with Gasteiger partial charge in [-0.3, -0.25) is 4.68 Å². The first-order valence-electron chi connectivity index (χ1n) is 14.5. The monoisotopic (exact) mass is 545 g/mol. The Labute approximate surface area is 231 Å². The van der Waals surface area contributed by atoms with Gasteiger partial charge in [0.15, 0.2) is 0 Å². The van der Waals surface area contributed by atoms with E-state index in [1.165, 1.54) is 63.5 Å².